The van der Waals surface area contributed by atoms with Crippen LogP contribution < -0.4 is 0 Å². The first-order valence-corrected chi connectivity index (χ1v) is 8.71. The van der Waals surface area contributed by atoms with E-state index in [1.165, 1.54) is 0 Å². The van der Waals surface area contributed by atoms with Gasteiger partial charge in [0.25, 0.3) is 0 Å². The Balaban J connectivity index is 2.13. The van der Waals surface area contributed by atoms with Crippen molar-refractivity contribution in [3.63, 3.8) is 0 Å². The monoisotopic (exact) mass is 482 g/mol. The summed E-state index contributed by atoms with van der Waals surface area (Å²) >= 11 is 10.3. The highest BCUT2D eigenvalue weighted by atomic mass is 79.9. The molecule has 0 aromatic heterocycles. The first kappa shape index (κ1) is 15.6. The van der Waals surface area contributed by atoms with E-state index in [1.54, 1.807) is 6.07 Å². The van der Waals surface area contributed by atoms with Gasteiger partial charge in [-0.15, -0.1) is 10.2 Å². The molecule has 0 amide bonds. The number of rotatable bonds is 2. The molecular weight excluding hydrogens is 476 g/mol. The van der Waals surface area contributed by atoms with E-state index < -0.39 is 0 Å². The maximum absolute atomic E-state index is 10.1. The van der Waals surface area contributed by atoms with Gasteiger partial charge < -0.3 is 5.11 Å². The molecule has 0 atom stereocenters. The molecule has 0 bridgehead atoms. The molecule has 3 nitrogen and oxygen atoms in total. The van der Waals surface area contributed by atoms with Gasteiger partial charge in [-0.1, -0.05) is 46.3 Å². The number of fused-ring (bicyclic) bond motifs is 1. The van der Waals surface area contributed by atoms with E-state index in [-0.39, 0.29) is 5.75 Å². The zero-order valence-electron chi connectivity index (χ0n) is 11.1. The lowest BCUT2D eigenvalue weighted by Crippen LogP contribution is -1.76. The van der Waals surface area contributed by atoms with Crippen molar-refractivity contribution in [2.75, 3.05) is 0 Å². The maximum atomic E-state index is 10.1. The summed E-state index contributed by atoms with van der Waals surface area (Å²) in [6, 6.07) is 15.0. The van der Waals surface area contributed by atoms with Crippen LogP contribution in [0.3, 0.4) is 0 Å². The predicted octanol–water partition coefficient (Wildman–Crippen LogP) is 7.25. The quantitative estimate of drug-likeness (QED) is 0.382. The number of hydrogen-bond acceptors (Lipinski definition) is 3. The zero-order chi connectivity index (χ0) is 15.7. The van der Waals surface area contributed by atoms with Gasteiger partial charge >= 0.3 is 0 Å². The van der Waals surface area contributed by atoms with Crippen LogP contribution in [0, 0.1) is 0 Å². The minimum Gasteiger partial charge on any atom is -0.506 e. The van der Waals surface area contributed by atoms with Gasteiger partial charge in [0.05, 0.1) is 0 Å². The van der Waals surface area contributed by atoms with Crippen molar-refractivity contribution in [2.24, 2.45) is 10.2 Å². The summed E-state index contributed by atoms with van der Waals surface area (Å²) in [5.74, 6) is 0.104. The third-order valence-electron chi connectivity index (χ3n) is 3.11. The fourth-order valence-corrected chi connectivity index (χ4v) is 4.50. The maximum Gasteiger partial charge on any atom is 0.143 e. The number of aromatic hydroxyl groups is 1. The second kappa shape index (κ2) is 6.48. The molecule has 0 aliphatic rings. The van der Waals surface area contributed by atoms with Crippen LogP contribution in [0.1, 0.15) is 0 Å². The molecule has 3 aromatic carbocycles. The number of phenols is 1. The molecule has 6 heteroatoms. The molecule has 0 unspecified atom stereocenters. The molecule has 0 fully saturated rings. The van der Waals surface area contributed by atoms with Crippen molar-refractivity contribution in [2.45, 2.75) is 0 Å². The third-order valence-corrected chi connectivity index (χ3v) is 4.78. The van der Waals surface area contributed by atoms with Crippen molar-refractivity contribution in [1.82, 2.24) is 0 Å². The topological polar surface area (TPSA) is 45.0 Å². The molecule has 110 valence electrons. The highest BCUT2D eigenvalue weighted by Gasteiger charge is 2.09. The molecule has 3 rings (SSSR count). The fourth-order valence-electron chi connectivity index (χ4n) is 2.08. The summed E-state index contributed by atoms with van der Waals surface area (Å²) < 4.78 is 2.53. The van der Waals surface area contributed by atoms with Crippen LogP contribution in [0.25, 0.3) is 10.8 Å². The lowest BCUT2D eigenvalue weighted by Gasteiger charge is -2.05. The van der Waals surface area contributed by atoms with Gasteiger partial charge in [-0.3, -0.25) is 0 Å². The Kier molecular flexibility index (Phi) is 4.61. The number of nitrogens with zero attached hydrogens (tertiary/aromatic N) is 2. The number of hydrogen-bond donors (Lipinski definition) is 1. The van der Waals surface area contributed by atoms with Crippen LogP contribution in [0.15, 0.2) is 72.2 Å². The lowest BCUT2D eigenvalue weighted by atomic mass is 10.1. The molecule has 0 spiro atoms. The summed E-state index contributed by atoms with van der Waals surface area (Å²) in [7, 11) is 0. The van der Waals surface area contributed by atoms with E-state index in [0.717, 1.165) is 24.2 Å². The largest absolute Gasteiger partial charge is 0.506 e. The molecule has 0 saturated carbocycles. The van der Waals surface area contributed by atoms with E-state index in [4.69, 9.17) is 0 Å². The van der Waals surface area contributed by atoms with Gasteiger partial charge in [-0.05, 0) is 55.4 Å². The van der Waals surface area contributed by atoms with Crippen LogP contribution in [-0.4, -0.2) is 5.11 Å². The minimum atomic E-state index is 0.104. The lowest BCUT2D eigenvalue weighted by molar-refractivity contribution is 0.477. The highest BCUT2D eigenvalue weighted by Crippen LogP contribution is 2.40. The molecule has 0 aliphatic carbocycles. The van der Waals surface area contributed by atoms with Crippen LogP contribution in [0.4, 0.5) is 11.4 Å². The third kappa shape index (κ3) is 3.09. The van der Waals surface area contributed by atoms with Gasteiger partial charge in [-0.25, -0.2) is 0 Å². The molecule has 22 heavy (non-hydrogen) atoms. The SMILES string of the molecule is Oc1ccc2ccccc2c1/N=N/c1c(Br)cc(Br)cc1Br. The Hall–Kier alpha value is -1.24. The molecular formula is C16H9Br3N2O. The van der Waals surface area contributed by atoms with Crippen LogP contribution in [-0.2, 0) is 0 Å². The van der Waals surface area contributed by atoms with Crippen molar-refractivity contribution in [1.29, 1.82) is 0 Å². The van der Waals surface area contributed by atoms with Crippen LogP contribution in [0.5, 0.6) is 5.75 Å². The smallest absolute Gasteiger partial charge is 0.143 e. The van der Waals surface area contributed by atoms with Crippen molar-refractivity contribution in [3.05, 3.63) is 61.9 Å². The molecule has 0 heterocycles. The Labute approximate surface area is 152 Å². The van der Waals surface area contributed by atoms with Gasteiger partial charge in [0, 0.05) is 18.8 Å². The average molecular weight is 485 g/mol. The molecule has 1 N–H and O–H groups in total. The summed E-state index contributed by atoms with van der Waals surface area (Å²) in [5, 5.41) is 20.5. The van der Waals surface area contributed by atoms with Crippen molar-refractivity contribution < 1.29 is 5.11 Å². The fraction of sp³-hybridized carbons (Fsp3) is 0. The van der Waals surface area contributed by atoms with Gasteiger partial charge in [0.15, 0.2) is 0 Å². The van der Waals surface area contributed by atoms with Crippen LogP contribution in [0.2, 0.25) is 0 Å². The Morgan fingerprint density at radius 1 is 0.773 bits per heavy atom. The van der Waals surface area contributed by atoms with Gasteiger partial charge in [-0.2, -0.15) is 0 Å². The summed E-state index contributed by atoms with van der Waals surface area (Å²) in [5.41, 5.74) is 1.12. The van der Waals surface area contributed by atoms with E-state index in [1.807, 2.05) is 42.5 Å². The van der Waals surface area contributed by atoms with Gasteiger partial charge in [0.1, 0.15) is 17.1 Å². The Morgan fingerprint density at radius 3 is 2.14 bits per heavy atom. The van der Waals surface area contributed by atoms with E-state index in [2.05, 4.69) is 58.0 Å². The second-order valence-electron chi connectivity index (χ2n) is 4.57. The van der Waals surface area contributed by atoms with Crippen molar-refractivity contribution >= 4 is 69.9 Å². The molecule has 0 saturated heterocycles. The zero-order valence-corrected chi connectivity index (χ0v) is 15.9. The number of halogens is 3. The molecule has 3 aromatic rings. The number of benzene rings is 3. The first-order chi connectivity index (χ1) is 10.6. The second-order valence-corrected chi connectivity index (χ2v) is 7.20. The molecule has 0 aliphatic heterocycles. The number of azo groups is 1. The van der Waals surface area contributed by atoms with E-state index in [0.29, 0.717) is 11.4 Å². The summed E-state index contributed by atoms with van der Waals surface area (Å²) in [6.45, 7) is 0. The van der Waals surface area contributed by atoms with E-state index >= 15 is 0 Å². The normalized spacial score (nSPS) is 11.4. The Bertz CT molecular complexity index is 871. The van der Waals surface area contributed by atoms with Gasteiger partial charge in [0.2, 0.25) is 0 Å². The van der Waals surface area contributed by atoms with Crippen molar-refractivity contribution in [3.8, 4) is 5.75 Å². The van der Waals surface area contributed by atoms with E-state index in [9.17, 15) is 5.11 Å². The first-order valence-electron chi connectivity index (χ1n) is 6.33. The average Bonchev–Trinajstić information content (AvgIpc) is 2.48. The number of phenolic OH excluding ortho intramolecular Hbond substituents is 1. The Morgan fingerprint density at radius 2 is 1.41 bits per heavy atom. The highest BCUT2D eigenvalue weighted by molar-refractivity contribution is 9.11. The summed E-state index contributed by atoms with van der Waals surface area (Å²) in [4.78, 5) is 0. The predicted molar refractivity (Wildman–Crippen MR) is 99.3 cm³/mol. The van der Waals surface area contributed by atoms with Crippen LogP contribution >= 0.6 is 47.8 Å². The molecule has 0 radical (unpaired) electrons. The minimum absolute atomic E-state index is 0.104. The summed E-state index contributed by atoms with van der Waals surface area (Å²) in [6.07, 6.45) is 0. The standard InChI is InChI=1S/C16H9Br3N2O/c17-10-7-12(18)16(13(19)8-10)21-20-15-11-4-2-1-3-9(11)5-6-14(15)22/h1-8,22H/b21-20+.